The number of carbonyl (C=O) groups excluding carboxylic acids is 1. The molecule has 6 heteroatoms. The number of esters is 1. The van der Waals surface area contributed by atoms with Crippen LogP contribution in [0.4, 0.5) is 0 Å². The van der Waals surface area contributed by atoms with Crippen LogP contribution in [0.15, 0.2) is 36.4 Å². The van der Waals surface area contributed by atoms with Gasteiger partial charge in [0, 0.05) is 12.5 Å². The Bertz CT molecular complexity index is 638. The summed E-state index contributed by atoms with van der Waals surface area (Å²) >= 11 is 0. The zero-order valence-electron chi connectivity index (χ0n) is 10.5. The Labute approximate surface area is 111 Å². The van der Waals surface area contributed by atoms with Gasteiger partial charge >= 0.3 is 14.2 Å². The Balaban J connectivity index is 2.64. The Kier molecular flexibility index (Phi) is 4.20. The normalized spacial score (nSPS) is 12.1. The topological polar surface area (TPSA) is 61.8 Å². The fourth-order valence-electron chi connectivity index (χ4n) is 1.75. The molecule has 0 heterocycles. The van der Waals surface area contributed by atoms with Crippen molar-refractivity contribution < 1.29 is 23.1 Å². The van der Waals surface area contributed by atoms with Gasteiger partial charge < -0.3 is 13.8 Å². The molecular formula is C13H13O5P. The van der Waals surface area contributed by atoms with Gasteiger partial charge in [-0.05, 0) is 11.5 Å². The van der Waals surface area contributed by atoms with Crippen LogP contribution in [0, 0.1) is 0 Å². The minimum atomic E-state index is -2.69. The number of carbonyl (C=O) groups is 1. The van der Waals surface area contributed by atoms with Gasteiger partial charge in [-0.25, -0.2) is 9.36 Å². The van der Waals surface area contributed by atoms with Crippen molar-refractivity contribution in [3.63, 3.8) is 0 Å². The van der Waals surface area contributed by atoms with E-state index >= 15 is 0 Å². The van der Waals surface area contributed by atoms with E-state index in [1.54, 1.807) is 24.3 Å². The van der Waals surface area contributed by atoms with E-state index in [1.807, 2.05) is 12.1 Å². The molecular weight excluding hydrogens is 267 g/mol. The maximum atomic E-state index is 11.7. The molecule has 0 aromatic heterocycles. The molecule has 0 aliphatic rings. The molecule has 0 aliphatic carbocycles. The largest absolute Gasteiger partial charge is 0.465 e. The second-order valence-electron chi connectivity index (χ2n) is 3.71. The summed E-state index contributed by atoms with van der Waals surface area (Å²) < 4.78 is 26.1. The first kappa shape index (κ1) is 13.6. The summed E-state index contributed by atoms with van der Waals surface area (Å²) in [6.45, 7) is 0. The molecule has 1 unspecified atom stereocenters. The lowest BCUT2D eigenvalue weighted by molar-refractivity contribution is 0.0599. The molecule has 5 nitrogen and oxygen atoms in total. The van der Waals surface area contributed by atoms with Gasteiger partial charge in [-0.3, -0.25) is 0 Å². The van der Waals surface area contributed by atoms with E-state index in [1.165, 1.54) is 14.2 Å². The zero-order valence-corrected chi connectivity index (χ0v) is 11.5. The van der Waals surface area contributed by atoms with Crippen molar-refractivity contribution in [1.29, 1.82) is 0 Å². The average Bonchev–Trinajstić information content (AvgIpc) is 2.46. The van der Waals surface area contributed by atoms with E-state index in [4.69, 9.17) is 9.26 Å². The van der Waals surface area contributed by atoms with Crippen molar-refractivity contribution in [2.24, 2.45) is 0 Å². The number of fused-ring (bicyclic) bond motifs is 1. The quantitative estimate of drug-likeness (QED) is 0.636. The highest BCUT2D eigenvalue weighted by Gasteiger charge is 2.17. The molecule has 0 aliphatic heterocycles. The maximum Gasteiger partial charge on any atom is 0.367 e. The van der Waals surface area contributed by atoms with Crippen molar-refractivity contribution in [3.05, 3.63) is 42.0 Å². The summed E-state index contributed by atoms with van der Waals surface area (Å²) in [6, 6.07) is 10.7. The van der Waals surface area contributed by atoms with Crippen LogP contribution >= 0.6 is 8.25 Å². The second-order valence-corrected chi connectivity index (χ2v) is 4.82. The lowest BCUT2D eigenvalue weighted by Crippen LogP contribution is -2.03. The molecule has 100 valence electrons. The summed E-state index contributed by atoms with van der Waals surface area (Å²) in [6.07, 6.45) is 0. The number of hydrogen-bond acceptors (Lipinski definition) is 5. The van der Waals surface area contributed by atoms with Gasteiger partial charge in [-0.2, -0.15) is 0 Å². The third kappa shape index (κ3) is 2.78. The smallest absolute Gasteiger partial charge is 0.367 e. The van der Waals surface area contributed by atoms with E-state index < -0.39 is 14.2 Å². The van der Waals surface area contributed by atoms with Crippen molar-refractivity contribution in [2.45, 2.75) is 0 Å². The van der Waals surface area contributed by atoms with Crippen molar-refractivity contribution >= 4 is 25.0 Å². The number of hydrogen-bond donors (Lipinski definition) is 0. The standard InChI is InChI=1S/C13H13O5P/c1-16-13(14)11-8-7-9-5-3-4-6-10(9)12(11)18-19(15)17-2/h3-8,19H,1-2H3. The molecule has 0 fully saturated rings. The highest BCUT2D eigenvalue weighted by atomic mass is 31.1. The highest BCUT2D eigenvalue weighted by Crippen LogP contribution is 2.36. The maximum absolute atomic E-state index is 11.7. The molecule has 1 atom stereocenters. The molecule has 19 heavy (non-hydrogen) atoms. The van der Waals surface area contributed by atoms with Crippen LogP contribution in [0.3, 0.4) is 0 Å². The highest BCUT2D eigenvalue weighted by molar-refractivity contribution is 7.33. The predicted molar refractivity (Wildman–Crippen MR) is 71.9 cm³/mol. The fraction of sp³-hybridized carbons (Fsp3) is 0.154. The molecule has 2 aromatic rings. The summed E-state index contributed by atoms with van der Waals surface area (Å²) in [5.41, 5.74) is 0.219. The van der Waals surface area contributed by atoms with Crippen LogP contribution < -0.4 is 4.52 Å². The molecule has 0 bridgehead atoms. The zero-order chi connectivity index (χ0) is 13.8. The van der Waals surface area contributed by atoms with Gasteiger partial charge in [0.15, 0.2) is 5.75 Å². The SMILES string of the molecule is COC(=O)c1ccc2ccccc2c1O[PH](=O)OC. The number of benzene rings is 2. The van der Waals surface area contributed by atoms with Crippen LogP contribution in [0.5, 0.6) is 5.75 Å². The second kappa shape index (κ2) is 5.87. The van der Waals surface area contributed by atoms with Crippen molar-refractivity contribution in [1.82, 2.24) is 0 Å². The summed E-state index contributed by atoms with van der Waals surface area (Å²) in [5, 5.41) is 1.55. The van der Waals surface area contributed by atoms with Gasteiger partial charge in [0.2, 0.25) is 0 Å². The number of rotatable bonds is 4. The van der Waals surface area contributed by atoms with E-state index in [2.05, 4.69) is 4.52 Å². The molecule has 0 N–H and O–H groups in total. The first-order chi connectivity index (χ1) is 9.17. The average molecular weight is 280 g/mol. The Morgan fingerprint density at radius 2 is 1.84 bits per heavy atom. The van der Waals surface area contributed by atoms with Gasteiger partial charge in [-0.15, -0.1) is 0 Å². The van der Waals surface area contributed by atoms with Crippen molar-refractivity contribution in [2.75, 3.05) is 14.2 Å². The van der Waals surface area contributed by atoms with Crippen LogP contribution in [-0.4, -0.2) is 20.2 Å². The van der Waals surface area contributed by atoms with E-state index in [0.717, 1.165) is 5.39 Å². The summed E-state index contributed by atoms with van der Waals surface area (Å²) in [4.78, 5) is 11.7. The van der Waals surface area contributed by atoms with E-state index in [0.29, 0.717) is 5.39 Å². The number of ether oxygens (including phenoxy) is 1. The minimum absolute atomic E-state index is 0.218. The van der Waals surface area contributed by atoms with Gasteiger partial charge in [0.05, 0.1) is 7.11 Å². The summed E-state index contributed by atoms with van der Waals surface area (Å²) in [7, 11) is -0.132. The van der Waals surface area contributed by atoms with Gasteiger partial charge in [0.1, 0.15) is 5.56 Å². The van der Waals surface area contributed by atoms with Crippen LogP contribution in [-0.2, 0) is 13.8 Å². The molecule has 0 spiro atoms. The summed E-state index contributed by atoms with van der Waals surface area (Å²) in [5.74, 6) is -0.331. The Morgan fingerprint density at radius 1 is 1.11 bits per heavy atom. The number of methoxy groups -OCH3 is 1. The van der Waals surface area contributed by atoms with Crippen molar-refractivity contribution in [3.8, 4) is 5.75 Å². The van der Waals surface area contributed by atoms with Crippen LogP contribution in [0.2, 0.25) is 0 Å². The predicted octanol–water partition coefficient (Wildman–Crippen LogP) is 3.04. The first-order valence-corrected chi connectivity index (χ1v) is 6.75. The third-order valence-electron chi connectivity index (χ3n) is 2.64. The lowest BCUT2D eigenvalue weighted by atomic mass is 10.1. The monoisotopic (exact) mass is 280 g/mol. The Hall–Kier alpha value is -1.84. The van der Waals surface area contributed by atoms with E-state index in [-0.39, 0.29) is 11.3 Å². The molecule has 2 aromatic carbocycles. The lowest BCUT2D eigenvalue weighted by Gasteiger charge is -2.12. The fourth-order valence-corrected chi connectivity index (χ4v) is 2.22. The van der Waals surface area contributed by atoms with Gasteiger partial charge in [0.25, 0.3) is 0 Å². The third-order valence-corrected chi connectivity index (χ3v) is 3.34. The molecule has 0 radical (unpaired) electrons. The molecule has 0 saturated heterocycles. The van der Waals surface area contributed by atoms with Crippen LogP contribution in [0.1, 0.15) is 10.4 Å². The Morgan fingerprint density at radius 3 is 2.53 bits per heavy atom. The molecule has 0 saturated carbocycles. The first-order valence-electron chi connectivity index (χ1n) is 5.53. The molecule has 2 rings (SSSR count). The van der Waals surface area contributed by atoms with E-state index in [9.17, 15) is 9.36 Å². The minimum Gasteiger partial charge on any atom is -0.465 e. The van der Waals surface area contributed by atoms with Crippen LogP contribution in [0.25, 0.3) is 10.8 Å². The molecule has 0 amide bonds. The van der Waals surface area contributed by atoms with Gasteiger partial charge in [-0.1, -0.05) is 30.3 Å².